The van der Waals surface area contributed by atoms with Gasteiger partial charge in [0.05, 0.1) is 10.2 Å². The molecule has 0 aliphatic carbocycles. The second kappa shape index (κ2) is 5.97. The Bertz CT molecular complexity index is 640. The van der Waals surface area contributed by atoms with E-state index in [1.54, 1.807) is 16.8 Å². The Balaban J connectivity index is 2.36. The molecule has 0 bridgehead atoms. The highest BCUT2D eigenvalue weighted by Gasteiger charge is 2.32. The molecule has 0 unspecified atom stereocenters. The number of benzene rings is 1. The van der Waals surface area contributed by atoms with Gasteiger partial charge in [-0.1, -0.05) is 0 Å². The SMILES string of the molecule is CCNc1nc(C)cn1-c1ccc(OC(F)(F)F)c(Br)c1. The summed E-state index contributed by atoms with van der Waals surface area (Å²) in [6, 6.07) is 4.34. The number of rotatable bonds is 4. The van der Waals surface area contributed by atoms with Crippen molar-refractivity contribution in [2.75, 3.05) is 11.9 Å². The van der Waals surface area contributed by atoms with Gasteiger partial charge in [0, 0.05) is 18.4 Å². The van der Waals surface area contributed by atoms with E-state index in [0.717, 1.165) is 5.69 Å². The predicted molar refractivity (Wildman–Crippen MR) is 76.8 cm³/mol. The standard InChI is InChI=1S/C13H13BrF3N3O/c1-3-18-12-19-8(2)7-20(12)9-4-5-11(10(14)6-9)21-13(15,16)17/h4-7H,3H2,1-2H3,(H,18,19). The van der Waals surface area contributed by atoms with Gasteiger partial charge >= 0.3 is 6.36 Å². The topological polar surface area (TPSA) is 39.1 Å². The Morgan fingerprint density at radius 2 is 2.10 bits per heavy atom. The molecule has 2 aromatic rings. The summed E-state index contributed by atoms with van der Waals surface area (Å²) < 4.78 is 42.6. The summed E-state index contributed by atoms with van der Waals surface area (Å²) in [7, 11) is 0. The second-order valence-electron chi connectivity index (χ2n) is 4.27. The quantitative estimate of drug-likeness (QED) is 0.881. The summed E-state index contributed by atoms with van der Waals surface area (Å²) in [5.41, 5.74) is 1.48. The fourth-order valence-corrected chi connectivity index (χ4v) is 2.27. The van der Waals surface area contributed by atoms with Gasteiger partial charge in [0.1, 0.15) is 5.75 Å². The van der Waals surface area contributed by atoms with Crippen LogP contribution in [0.5, 0.6) is 5.75 Å². The van der Waals surface area contributed by atoms with E-state index in [0.29, 0.717) is 18.2 Å². The van der Waals surface area contributed by atoms with Crippen molar-refractivity contribution >= 4 is 21.9 Å². The Hall–Kier alpha value is -1.70. The molecule has 1 aromatic carbocycles. The van der Waals surface area contributed by atoms with E-state index in [-0.39, 0.29) is 10.2 Å². The van der Waals surface area contributed by atoms with Crippen LogP contribution in [0.2, 0.25) is 0 Å². The molecule has 0 aliphatic heterocycles. The number of ether oxygens (including phenoxy) is 1. The number of hydrogen-bond donors (Lipinski definition) is 1. The zero-order chi connectivity index (χ0) is 15.6. The minimum absolute atomic E-state index is 0.214. The van der Waals surface area contributed by atoms with Crippen LogP contribution >= 0.6 is 15.9 Å². The molecular formula is C13H13BrF3N3O. The number of halogens is 4. The third kappa shape index (κ3) is 3.90. The summed E-state index contributed by atoms with van der Waals surface area (Å²) in [4.78, 5) is 4.31. The van der Waals surface area contributed by atoms with E-state index in [4.69, 9.17) is 0 Å². The summed E-state index contributed by atoms with van der Waals surface area (Å²) in [5.74, 6) is 0.347. The molecule has 0 amide bonds. The lowest BCUT2D eigenvalue weighted by Gasteiger charge is -2.13. The van der Waals surface area contributed by atoms with Crippen LogP contribution < -0.4 is 10.1 Å². The maximum Gasteiger partial charge on any atom is 0.573 e. The lowest BCUT2D eigenvalue weighted by Crippen LogP contribution is -2.17. The fraction of sp³-hybridized carbons (Fsp3) is 0.308. The van der Waals surface area contributed by atoms with Gasteiger partial charge in [-0.15, -0.1) is 13.2 Å². The highest BCUT2D eigenvalue weighted by molar-refractivity contribution is 9.10. The van der Waals surface area contributed by atoms with E-state index < -0.39 is 6.36 Å². The number of aromatic nitrogens is 2. The van der Waals surface area contributed by atoms with Crippen LogP contribution in [0.15, 0.2) is 28.9 Å². The fourth-order valence-electron chi connectivity index (χ4n) is 1.82. The molecule has 0 radical (unpaired) electrons. The van der Waals surface area contributed by atoms with Crippen molar-refractivity contribution in [2.45, 2.75) is 20.2 Å². The van der Waals surface area contributed by atoms with Crippen molar-refractivity contribution in [3.8, 4) is 11.4 Å². The molecular weight excluding hydrogens is 351 g/mol. The molecule has 0 fully saturated rings. The smallest absolute Gasteiger partial charge is 0.405 e. The Labute approximate surface area is 128 Å². The monoisotopic (exact) mass is 363 g/mol. The third-order valence-corrected chi connectivity index (χ3v) is 3.20. The lowest BCUT2D eigenvalue weighted by atomic mass is 10.3. The number of nitrogens with zero attached hydrogens (tertiary/aromatic N) is 2. The number of imidazole rings is 1. The first-order valence-electron chi connectivity index (χ1n) is 6.15. The molecule has 21 heavy (non-hydrogen) atoms. The van der Waals surface area contributed by atoms with Crippen LogP contribution in [0.3, 0.4) is 0 Å². The first-order chi connectivity index (χ1) is 9.80. The largest absolute Gasteiger partial charge is 0.573 e. The Morgan fingerprint density at radius 1 is 1.38 bits per heavy atom. The van der Waals surface area contributed by atoms with Crippen molar-refractivity contribution < 1.29 is 17.9 Å². The van der Waals surface area contributed by atoms with E-state index in [1.165, 1.54) is 12.1 Å². The van der Waals surface area contributed by atoms with Gasteiger partial charge in [-0.3, -0.25) is 4.57 Å². The van der Waals surface area contributed by atoms with E-state index >= 15 is 0 Å². The van der Waals surface area contributed by atoms with Crippen LogP contribution in [0, 0.1) is 6.92 Å². The molecule has 2 rings (SSSR count). The molecule has 114 valence electrons. The minimum Gasteiger partial charge on any atom is -0.405 e. The maximum atomic E-state index is 12.2. The molecule has 1 N–H and O–H groups in total. The number of alkyl halides is 3. The van der Waals surface area contributed by atoms with Crippen molar-refractivity contribution in [1.29, 1.82) is 0 Å². The Kier molecular flexibility index (Phi) is 4.46. The van der Waals surface area contributed by atoms with Crippen LogP contribution in [0.25, 0.3) is 5.69 Å². The zero-order valence-electron chi connectivity index (χ0n) is 11.3. The summed E-state index contributed by atoms with van der Waals surface area (Å²) in [6.07, 6.45) is -2.92. The van der Waals surface area contributed by atoms with Crippen molar-refractivity contribution in [3.63, 3.8) is 0 Å². The molecule has 0 aliphatic rings. The molecule has 8 heteroatoms. The first kappa shape index (κ1) is 15.7. The normalized spacial score (nSPS) is 11.5. The zero-order valence-corrected chi connectivity index (χ0v) is 12.9. The summed E-state index contributed by atoms with van der Waals surface area (Å²) >= 11 is 3.09. The molecule has 0 saturated carbocycles. The first-order valence-corrected chi connectivity index (χ1v) is 6.95. The van der Waals surface area contributed by atoms with Gasteiger partial charge in [-0.25, -0.2) is 4.98 Å². The molecule has 0 saturated heterocycles. The van der Waals surface area contributed by atoms with Crippen molar-refractivity contribution in [3.05, 3.63) is 34.6 Å². The van der Waals surface area contributed by atoms with Crippen molar-refractivity contribution in [1.82, 2.24) is 9.55 Å². The minimum atomic E-state index is -4.72. The van der Waals surface area contributed by atoms with Gasteiger partial charge in [-0.2, -0.15) is 0 Å². The summed E-state index contributed by atoms with van der Waals surface area (Å²) in [5, 5.41) is 3.09. The highest BCUT2D eigenvalue weighted by Crippen LogP contribution is 2.32. The average molecular weight is 364 g/mol. The number of aryl methyl sites for hydroxylation is 1. The molecule has 1 heterocycles. The molecule has 4 nitrogen and oxygen atoms in total. The van der Waals surface area contributed by atoms with E-state index in [9.17, 15) is 13.2 Å². The predicted octanol–water partition coefficient (Wildman–Crippen LogP) is 4.27. The van der Waals surface area contributed by atoms with Gasteiger partial charge in [-0.05, 0) is 48.0 Å². The van der Waals surface area contributed by atoms with Gasteiger partial charge < -0.3 is 10.1 Å². The van der Waals surface area contributed by atoms with E-state index in [1.807, 2.05) is 13.8 Å². The van der Waals surface area contributed by atoms with Crippen LogP contribution in [-0.2, 0) is 0 Å². The van der Waals surface area contributed by atoms with Crippen LogP contribution in [-0.4, -0.2) is 22.5 Å². The van der Waals surface area contributed by atoms with Gasteiger partial charge in [0.15, 0.2) is 0 Å². The lowest BCUT2D eigenvalue weighted by molar-refractivity contribution is -0.274. The number of anilines is 1. The van der Waals surface area contributed by atoms with Gasteiger partial charge in [0.2, 0.25) is 5.95 Å². The van der Waals surface area contributed by atoms with E-state index in [2.05, 4.69) is 31.0 Å². The number of hydrogen-bond acceptors (Lipinski definition) is 3. The molecule has 0 atom stereocenters. The van der Waals surface area contributed by atoms with Crippen LogP contribution in [0.4, 0.5) is 19.1 Å². The number of nitrogens with one attached hydrogen (secondary N) is 1. The maximum absolute atomic E-state index is 12.2. The molecule has 1 aromatic heterocycles. The third-order valence-electron chi connectivity index (χ3n) is 2.58. The average Bonchev–Trinajstić information content (AvgIpc) is 2.72. The van der Waals surface area contributed by atoms with Crippen molar-refractivity contribution in [2.24, 2.45) is 0 Å². The Morgan fingerprint density at radius 3 is 2.67 bits per heavy atom. The highest BCUT2D eigenvalue weighted by atomic mass is 79.9. The van der Waals surface area contributed by atoms with Crippen LogP contribution in [0.1, 0.15) is 12.6 Å². The summed E-state index contributed by atoms with van der Waals surface area (Å²) in [6.45, 7) is 4.46. The van der Waals surface area contributed by atoms with Gasteiger partial charge in [0.25, 0.3) is 0 Å². The second-order valence-corrected chi connectivity index (χ2v) is 5.12. The molecule has 0 spiro atoms.